The first-order valence-electron chi connectivity index (χ1n) is 9.39. The minimum Gasteiger partial charge on any atom is -0.495 e. The molecule has 2 aromatic carbocycles. The number of benzene rings is 2. The van der Waals surface area contributed by atoms with Crippen LogP contribution < -0.4 is 19.5 Å². The van der Waals surface area contributed by atoms with Gasteiger partial charge in [-0.2, -0.15) is 0 Å². The van der Waals surface area contributed by atoms with Crippen molar-refractivity contribution in [2.24, 2.45) is 0 Å². The van der Waals surface area contributed by atoms with Gasteiger partial charge in [-0.15, -0.1) is 10.2 Å². The Labute approximate surface area is 179 Å². The van der Waals surface area contributed by atoms with Crippen molar-refractivity contribution in [2.75, 3.05) is 25.3 Å². The molecule has 158 valence electrons. The van der Waals surface area contributed by atoms with E-state index in [1.807, 2.05) is 47.9 Å². The van der Waals surface area contributed by atoms with Crippen LogP contribution in [0.4, 0.5) is 5.69 Å². The van der Waals surface area contributed by atoms with Crippen molar-refractivity contribution >= 4 is 23.4 Å². The molecule has 0 spiro atoms. The summed E-state index contributed by atoms with van der Waals surface area (Å²) in [5.41, 5.74) is 0.633. The molecule has 1 aromatic heterocycles. The maximum absolute atomic E-state index is 12.4. The third kappa shape index (κ3) is 5.24. The number of nitrogens with one attached hydrogen (secondary N) is 1. The number of aromatic nitrogens is 3. The first kappa shape index (κ1) is 21.5. The topological polar surface area (TPSA) is 87.5 Å². The van der Waals surface area contributed by atoms with Crippen molar-refractivity contribution < 1.29 is 19.0 Å². The molecule has 0 aliphatic heterocycles. The average Bonchev–Trinajstić information content (AvgIpc) is 3.18. The molecule has 0 aliphatic carbocycles. The van der Waals surface area contributed by atoms with E-state index < -0.39 is 0 Å². The summed E-state index contributed by atoms with van der Waals surface area (Å²) in [5.74, 6) is 2.63. The summed E-state index contributed by atoms with van der Waals surface area (Å²) in [5, 5.41) is 11.9. The predicted molar refractivity (Wildman–Crippen MR) is 115 cm³/mol. The van der Waals surface area contributed by atoms with Crippen molar-refractivity contribution in [3.05, 3.63) is 54.4 Å². The number of hydrogen-bond donors (Lipinski definition) is 1. The molecule has 9 heteroatoms. The number of thioether (sulfide) groups is 1. The maximum atomic E-state index is 12.4. The van der Waals surface area contributed by atoms with E-state index in [9.17, 15) is 4.79 Å². The molecule has 0 fully saturated rings. The quantitative estimate of drug-likeness (QED) is 0.494. The highest BCUT2D eigenvalue weighted by molar-refractivity contribution is 7.99. The first-order valence-corrected chi connectivity index (χ1v) is 10.4. The summed E-state index contributed by atoms with van der Waals surface area (Å²) in [6, 6.07) is 14.7. The molecule has 1 heterocycles. The van der Waals surface area contributed by atoms with Gasteiger partial charge in [0.25, 0.3) is 0 Å². The highest BCUT2D eigenvalue weighted by atomic mass is 32.2. The van der Waals surface area contributed by atoms with Gasteiger partial charge in [0.2, 0.25) is 5.91 Å². The second-order valence-corrected chi connectivity index (χ2v) is 7.06. The molecule has 0 atom stereocenters. The van der Waals surface area contributed by atoms with Crippen LogP contribution in [0.1, 0.15) is 12.7 Å². The van der Waals surface area contributed by atoms with Crippen LogP contribution in [0, 0.1) is 0 Å². The fourth-order valence-electron chi connectivity index (χ4n) is 2.79. The number of anilines is 1. The van der Waals surface area contributed by atoms with E-state index in [0.29, 0.717) is 40.5 Å². The molecule has 8 nitrogen and oxygen atoms in total. The molecule has 3 aromatic rings. The number of carbonyl (C=O) groups excluding carboxylic acids is 1. The number of para-hydroxylation sites is 4. The minimum absolute atomic E-state index is 0.151. The fraction of sp³-hybridized carbons (Fsp3) is 0.286. The molecule has 0 aliphatic rings. The normalized spacial score (nSPS) is 10.5. The Morgan fingerprint density at radius 2 is 1.67 bits per heavy atom. The molecule has 30 heavy (non-hydrogen) atoms. The van der Waals surface area contributed by atoms with Crippen LogP contribution in [-0.2, 0) is 17.9 Å². The van der Waals surface area contributed by atoms with Crippen molar-refractivity contribution in [2.45, 2.75) is 25.2 Å². The molecule has 0 saturated carbocycles. The summed E-state index contributed by atoms with van der Waals surface area (Å²) in [4.78, 5) is 12.4. The number of rotatable bonds is 10. The van der Waals surface area contributed by atoms with Gasteiger partial charge >= 0.3 is 0 Å². The van der Waals surface area contributed by atoms with Crippen LogP contribution in [0.2, 0.25) is 0 Å². The Morgan fingerprint density at radius 3 is 2.37 bits per heavy atom. The highest BCUT2D eigenvalue weighted by Gasteiger charge is 2.15. The zero-order chi connectivity index (χ0) is 21.3. The van der Waals surface area contributed by atoms with Gasteiger partial charge in [-0.3, -0.25) is 4.79 Å². The summed E-state index contributed by atoms with van der Waals surface area (Å²) in [6.07, 6.45) is 0. The Kier molecular flexibility index (Phi) is 7.56. The van der Waals surface area contributed by atoms with Crippen molar-refractivity contribution in [3.63, 3.8) is 0 Å². The fourth-order valence-corrected chi connectivity index (χ4v) is 3.62. The van der Waals surface area contributed by atoms with E-state index in [1.165, 1.54) is 11.8 Å². The Morgan fingerprint density at radius 1 is 1.00 bits per heavy atom. The van der Waals surface area contributed by atoms with Gasteiger partial charge < -0.3 is 24.1 Å². The summed E-state index contributed by atoms with van der Waals surface area (Å²) >= 11 is 1.32. The van der Waals surface area contributed by atoms with Crippen LogP contribution >= 0.6 is 11.8 Å². The molecular formula is C21H24N4O4S. The van der Waals surface area contributed by atoms with Crippen molar-refractivity contribution in [1.82, 2.24) is 14.8 Å². The lowest BCUT2D eigenvalue weighted by Gasteiger charge is -2.11. The van der Waals surface area contributed by atoms with Gasteiger partial charge in [0.1, 0.15) is 12.4 Å². The number of nitrogens with zero attached hydrogens (tertiary/aromatic N) is 3. The van der Waals surface area contributed by atoms with Crippen LogP contribution in [0.3, 0.4) is 0 Å². The standard InChI is InChI=1S/C21H24N4O4S/c1-4-25-19(13-29-18-12-8-7-11-17(18)28-3)23-24-21(25)30-14-20(26)22-15-9-5-6-10-16(15)27-2/h5-12H,4,13-14H2,1-3H3,(H,22,26). The molecule has 0 radical (unpaired) electrons. The summed E-state index contributed by atoms with van der Waals surface area (Å²) < 4.78 is 18.3. The zero-order valence-corrected chi connectivity index (χ0v) is 17.9. The number of ether oxygens (including phenoxy) is 3. The van der Waals surface area contributed by atoms with Crippen molar-refractivity contribution in [3.8, 4) is 17.2 Å². The Hall–Kier alpha value is -3.20. The molecule has 0 saturated heterocycles. The molecular weight excluding hydrogens is 404 g/mol. The van der Waals surface area contributed by atoms with Gasteiger partial charge in [0.05, 0.1) is 25.7 Å². The Balaban J connectivity index is 1.60. The third-order valence-corrected chi connectivity index (χ3v) is 5.22. The second-order valence-electron chi connectivity index (χ2n) is 6.12. The maximum Gasteiger partial charge on any atom is 0.234 e. The van der Waals surface area contributed by atoms with Gasteiger partial charge in [-0.1, -0.05) is 36.0 Å². The van der Waals surface area contributed by atoms with E-state index in [-0.39, 0.29) is 18.3 Å². The van der Waals surface area contributed by atoms with E-state index in [0.717, 1.165) is 0 Å². The van der Waals surface area contributed by atoms with Crippen LogP contribution in [0.25, 0.3) is 0 Å². The summed E-state index contributed by atoms with van der Waals surface area (Å²) in [7, 11) is 3.17. The monoisotopic (exact) mass is 428 g/mol. The van der Waals surface area contributed by atoms with Gasteiger partial charge in [-0.05, 0) is 31.2 Å². The number of hydrogen-bond acceptors (Lipinski definition) is 7. The van der Waals surface area contributed by atoms with Gasteiger partial charge in [0, 0.05) is 6.54 Å². The van der Waals surface area contributed by atoms with Crippen LogP contribution in [0.15, 0.2) is 53.7 Å². The lowest BCUT2D eigenvalue weighted by molar-refractivity contribution is -0.113. The predicted octanol–water partition coefficient (Wildman–Crippen LogP) is 3.63. The molecule has 0 unspecified atom stereocenters. The van der Waals surface area contributed by atoms with E-state index in [1.54, 1.807) is 26.4 Å². The minimum atomic E-state index is -0.151. The number of methoxy groups -OCH3 is 2. The van der Waals surface area contributed by atoms with Gasteiger partial charge in [0.15, 0.2) is 22.5 Å². The molecule has 1 N–H and O–H groups in total. The lowest BCUT2D eigenvalue weighted by Crippen LogP contribution is -2.15. The van der Waals surface area contributed by atoms with Crippen LogP contribution in [-0.4, -0.2) is 40.6 Å². The second kappa shape index (κ2) is 10.5. The smallest absolute Gasteiger partial charge is 0.234 e. The molecule has 0 bridgehead atoms. The largest absolute Gasteiger partial charge is 0.495 e. The number of amides is 1. The third-order valence-electron chi connectivity index (χ3n) is 4.25. The zero-order valence-electron chi connectivity index (χ0n) is 17.1. The average molecular weight is 429 g/mol. The van der Waals surface area contributed by atoms with Crippen molar-refractivity contribution in [1.29, 1.82) is 0 Å². The SMILES string of the molecule is CCn1c(COc2ccccc2OC)nnc1SCC(=O)Nc1ccccc1OC. The lowest BCUT2D eigenvalue weighted by atomic mass is 10.3. The summed E-state index contributed by atoms with van der Waals surface area (Å²) in [6.45, 7) is 2.90. The van der Waals surface area contributed by atoms with Gasteiger partial charge in [-0.25, -0.2) is 0 Å². The first-order chi connectivity index (χ1) is 14.7. The Bertz CT molecular complexity index is 993. The number of carbonyl (C=O) groups is 1. The molecule has 3 rings (SSSR count). The molecule has 1 amide bonds. The highest BCUT2D eigenvalue weighted by Crippen LogP contribution is 2.27. The van der Waals surface area contributed by atoms with E-state index in [4.69, 9.17) is 14.2 Å². The van der Waals surface area contributed by atoms with Crippen LogP contribution in [0.5, 0.6) is 17.2 Å². The van der Waals surface area contributed by atoms with E-state index >= 15 is 0 Å². The van der Waals surface area contributed by atoms with E-state index in [2.05, 4.69) is 15.5 Å².